The van der Waals surface area contributed by atoms with E-state index in [2.05, 4.69) is 31.9 Å². The van der Waals surface area contributed by atoms with Crippen molar-refractivity contribution in [1.82, 2.24) is 0 Å². The summed E-state index contributed by atoms with van der Waals surface area (Å²) in [4.78, 5) is 0.774. The molecule has 1 nitrogen and oxygen atoms in total. The van der Waals surface area contributed by atoms with Gasteiger partial charge in [0.05, 0.1) is 8.81 Å². The highest BCUT2D eigenvalue weighted by atomic mass is 79.9. The molecule has 0 saturated carbocycles. The smallest absolute Gasteiger partial charge is 0.113 e. The fraction of sp³-hybridized carbons (Fsp3) is 0.0909. The average Bonchev–Trinajstić information content (AvgIpc) is 2.57. The maximum absolute atomic E-state index is 10.2. The molecule has 1 unspecified atom stereocenters. The Kier molecular flexibility index (Phi) is 4.55. The van der Waals surface area contributed by atoms with Crippen LogP contribution in [0, 0.1) is 0 Å². The lowest BCUT2D eigenvalue weighted by Gasteiger charge is -2.09. The zero-order valence-electron chi connectivity index (χ0n) is 8.25. The maximum Gasteiger partial charge on any atom is 0.113 e. The molecule has 6 heteroatoms. The third-order valence-electron chi connectivity index (χ3n) is 2.13. The van der Waals surface area contributed by atoms with Gasteiger partial charge in [0.25, 0.3) is 0 Å². The van der Waals surface area contributed by atoms with Gasteiger partial charge in [-0.15, -0.1) is 11.3 Å². The molecule has 1 atom stereocenters. The molecule has 90 valence electrons. The Bertz CT molecular complexity index is 517. The van der Waals surface area contributed by atoms with E-state index >= 15 is 0 Å². The predicted octanol–water partition coefficient (Wildman–Crippen LogP) is 5.66. The molecule has 2 rings (SSSR count). The molecule has 0 aliphatic carbocycles. The van der Waals surface area contributed by atoms with Gasteiger partial charge >= 0.3 is 0 Å². The molecule has 0 spiro atoms. The van der Waals surface area contributed by atoms with Crippen LogP contribution in [-0.2, 0) is 0 Å². The highest BCUT2D eigenvalue weighted by molar-refractivity contribution is 9.11. The highest BCUT2D eigenvalue weighted by Gasteiger charge is 2.16. The minimum atomic E-state index is -0.723. The van der Waals surface area contributed by atoms with Crippen LogP contribution in [0.2, 0.25) is 10.0 Å². The van der Waals surface area contributed by atoms with Crippen LogP contribution in [0.1, 0.15) is 16.5 Å². The summed E-state index contributed by atoms with van der Waals surface area (Å²) in [7, 11) is 0. The van der Waals surface area contributed by atoms with Gasteiger partial charge < -0.3 is 5.11 Å². The van der Waals surface area contributed by atoms with Crippen LogP contribution in [0.5, 0.6) is 0 Å². The molecular weight excluding hydrogens is 411 g/mol. The van der Waals surface area contributed by atoms with E-state index in [1.165, 1.54) is 11.3 Å². The van der Waals surface area contributed by atoms with Crippen LogP contribution >= 0.6 is 66.4 Å². The Hall–Kier alpha value is 0.420. The highest BCUT2D eigenvalue weighted by Crippen LogP contribution is 2.38. The Morgan fingerprint density at radius 2 is 1.82 bits per heavy atom. The van der Waals surface area contributed by atoms with E-state index in [0.29, 0.717) is 10.0 Å². The fourth-order valence-electron chi connectivity index (χ4n) is 1.40. The Labute approximate surface area is 130 Å². The zero-order valence-corrected chi connectivity index (χ0v) is 13.8. The molecule has 1 N–H and O–H groups in total. The summed E-state index contributed by atoms with van der Waals surface area (Å²) in [6.07, 6.45) is -0.723. The lowest BCUT2D eigenvalue weighted by Crippen LogP contribution is -1.96. The second-order valence-corrected chi connectivity index (χ2v) is 7.54. The number of halogens is 4. The van der Waals surface area contributed by atoms with Gasteiger partial charge in [-0.3, -0.25) is 0 Å². The summed E-state index contributed by atoms with van der Waals surface area (Å²) in [6.45, 7) is 0. The van der Waals surface area contributed by atoms with Gasteiger partial charge in [-0.05, 0) is 45.8 Å². The second-order valence-electron chi connectivity index (χ2n) is 3.38. The largest absolute Gasteiger partial charge is 0.383 e. The van der Waals surface area contributed by atoms with E-state index in [-0.39, 0.29) is 0 Å². The SMILES string of the molecule is OC(c1cc(Cl)cc(Br)c1)c1cc(Cl)c(Br)s1. The van der Waals surface area contributed by atoms with Gasteiger partial charge in [-0.1, -0.05) is 39.1 Å². The van der Waals surface area contributed by atoms with E-state index in [1.807, 2.05) is 6.07 Å². The molecule has 17 heavy (non-hydrogen) atoms. The summed E-state index contributed by atoms with van der Waals surface area (Å²) < 4.78 is 1.65. The van der Waals surface area contributed by atoms with Crippen molar-refractivity contribution in [2.45, 2.75) is 6.10 Å². The Morgan fingerprint density at radius 1 is 1.12 bits per heavy atom. The van der Waals surface area contributed by atoms with Gasteiger partial charge in [0.2, 0.25) is 0 Å². The van der Waals surface area contributed by atoms with E-state index in [4.69, 9.17) is 23.2 Å². The summed E-state index contributed by atoms with van der Waals surface area (Å²) >= 11 is 20.0. The summed E-state index contributed by atoms with van der Waals surface area (Å²) in [5.41, 5.74) is 0.731. The third kappa shape index (κ3) is 3.25. The van der Waals surface area contributed by atoms with E-state index in [1.54, 1.807) is 18.2 Å². The summed E-state index contributed by atoms with van der Waals surface area (Å²) in [5.74, 6) is 0. The number of rotatable bonds is 2. The molecule has 0 amide bonds. The Balaban J connectivity index is 2.39. The number of benzene rings is 1. The standard InChI is InChI=1S/C11H6Br2Cl2OS/c12-6-1-5(2-7(14)3-6)10(16)9-4-8(15)11(13)17-9/h1-4,10,16H. The number of thiophene rings is 1. The van der Waals surface area contributed by atoms with Crippen molar-refractivity contribution in [2.75, 3.05) is 0 Å². The minimum Gasteiger partial charge on any atom is -0.383 e. The molecule has 2 aromatic rings. The van der Waals surface area contributed by atoms with E-state index < -0.39 is 6.10 Å². The summed E-state index contributed by atoms with van der Waals surface area (Å²) in [6, 6.07) is 7.08. The number of aliphatic hydroxyl groups excluding tert-OH is 1. The molecular formula is C11H6Br2Cl2OS. The van der Waals surface area contributed by atoms with Crippen molar-refractivity contribution in [3.8, 4) is 0 Å². The first-order chi connectivity index (χ1) is 7.97. The Morgan fingerprint density at radius 3 is 2.35 bits per heavy atom. The average molecular weight is 417 g/mol. The minimum absolute atomic E-state index is 0.579. The number of hydrogen-bond acceptors (Lipinski definition) is 2. The van der Waals surface area contributed by atoms with Gasteiger partial charge in [-0.2, -0.15) is 0 Å². The monoisotopic (exact) mass is 414 g/mol. The topological polar surface area (TPSA) is 20.2 Å². The molecule has 0 aliphatic rings. The quantitative estimate of drug-likeness (QED) is 0.669. The first kappa shape index (κ1) is 13.8. The third-order valence-corrected chi connectivity index (χ3v) is 5.34. The lowest BCUT2D eigenvalue weighted by molar-refractivity contribution is 0.224. The van der Waals surface area contributed by atoms with Gasteiger partial charge in [0, 0.05) is 14.4 Å². The fourth-order valence-corrected chi connectivity index (χ4v) is 4.04. The van der Waals surface area contributed by atoms with Gasteiger partial charge in [0.15, 0.2) is 0 Å². The van der Waals surface area contributed by atoms with Crippen LogP contribution in [0.4, 0.5) is 0 Å². The number of hydrogen-bond donors (Lipinski definition) is 1. The molecule has 1 aromatic heterocycles. The van der Waals surface area contributed by atoms with Gasteiger partial charge in [-0.25, -0.2) is 0 Å². The van der Waals surface area contributed by atoms with Crippen LogP contribution < -0.4 is 0 Å². The van der Waals surface area contributed by atoms with Crippen molar-refractivity contribution in [3.05, 3.63) is 53.0 Å². The maximum atomic E-state index is 10.2. The molecule has 1 heterocycles. The van der Waals surface area contributed by atoms with Crippen LogP contribution in [0.3, 0.4) is 0 Å². The molecule has 0 radical (unpaired) electrons. The van der Waals surface area contributed by atoms with Crippen molar-refractivity contribution in [1.29, 1.82) is 0 Å². The van der Waals surface area contributed by atoms with Crippen molar-refractivity contribution in [3.63, 3.8) is 0 Å². The summed E-state index contributed by atoms with van der Waals surface area (Å²) in [5, 5.41) is 11.4. The zero-order chi connectivity index (χ0) is 12.6. The first-order valence-corrected chi connectivity index (χ1v) is 7.72. The molecule has 0 bridgehead atoms. The molecule has 0 aliphatic heterocycles. The lowest BCUT2D eigenvalue weighted by atomic mass is 10.1. The first-order valence-electron chi connectivity index (χ1n) is 4.56. The second kappa shape index (κ2) is 5.59. The van der Waals surface area contributed by atoms with E-state index in [9.17, 15) is 5.11 Å². The van der Waals surface area contributed by atoms with Crippen LogP contribution in [-0.4, -0.2) is 5.11 Å². The number of aliphatic hydroxyl groups is 1. The van der Waals surface area contributed by atoms with E-state index in [0.717, 1.165) is 18.7 Å². The van der Waals surface area contributed by atoms with Gasteiger partial charge in [0.1, 0.15) is 6.10 Å². The van der Waals surface area contributed by atoms with Crippen LogP contribution in [0.25, 0.3) is 0 Å². The van der Waals surface area contributed by atoms with Crippen molar-refractivity contribution < 1.29 is 5.11 Å². The molecule has 1 aromatic carbocycles. The van der Waals surface area contributed by atoms with Crippen molar-refractivity contribution >= 4 is 66.4 Å². The van der Waals surface area contributed by atoms with Crippen LogP contribution in [0.15, 0.2) is 32.5 Å². The molecule has 0 saturated heterocycles. The normalized spacial score (nSPS) is 12.8. The molecule has 0 fully saturated rings. The predicted molar refractivity (Wildman–Crippen MR) is 80.2 cm³/mol. The van der Waals surface area contributed by atoms with Crippen molar-refractivity contribution in [2.24, 2.45) is 0 Å².